The van der Waals surface area contributed by atoms with Gasteiger partial charge in [-0.25, -0.2) is 4.39 Å². The van der Waals surface area contributed by atoms with Crippen molar-refractivity contribution in [2.24, 2.45) is 0 Å². The molecule has 3 nitrogen and oxygen atoms in total. The largest absolute Gasteiger partial charge is 0.466 e. The van der Waals surface area contributed by atoms with Crippen molar-refractivity contribution < 1.29 is 18.7 Å². The summed E-state index contributed by atoms with van der Waals surface area (Å²) in [5.74, 6) is -1.31. The second-order valence-electron chi connectivity index (χ2n) is 2.09. The first-order valence-corrected chi connectivity index (χ1v) is 3.38. The standard InChI is InChI=1S/C7H11FO3/c1-3-11-7(10)4-6(8)5(2)9/h6H,3-4H2,1-2H3. The predicted molar refractivity (Wildman–Crippen MR) is 36.8 cm³/mol. The molecule has 0 amide bonds. The summed E-state index contributed by atoms with van der Waals surface area (Å²) in [6.07, 6.45) is -2.18. The molecule has 1 atom stereocenters. The predicted octanol–water partition coefficient (Wildman–Crippen LogP) is 0.867. The van der Waals surface area contributed by atoms with E-state index in [9.17, 15) is 14.0 Å². The van der Waals surface area contributed by atoms with Gasteiger partial charge in [-0.2, -0.15) is 0 Å². The third-order valence-corrected chi connectivity index (χ3v) is 1.09. The van der Waals surface area contributed by atoms with E-state index in [0.717, 1.165) is 6.92 Å². The number of alkyl halides is 1. The van der Waals surface area contributed by atoms with Crippen molar-refractivity contribution in [2.75, 3.05) is 6.61 Å². The maximum atomic E-state index is 12.4. The molecular formula is C7H11FO3. The van der Waals surface area contributed by atoms with Gasteiger partial charge in [0.1, 0.15) is 0 Å². The van der Waals surface area contributed by atoms with E-state index in [1.54, 1.807) is 6.92 Å². The van der Waals surface area contributed by atoms with Crippen molar-refractivity contribution in [1.29, 1.82) is 0 Å². The van der Waals surface area contributed by atoms with Crippen molar-refractivity contribution in [3.05, 3.63) is 0 Å². The highest BCUT2D eigenvalue weighted by Gasteiger charge is 2.17. The molecule has 0 aliphatic rings. The van der Waals surface area contributed by atoms with Crippen molar-refractivity contribution >= 4 is 11.8 Å². The van der Waals surface area contributed by atoms with Crippen molar-refractivity contribution in [3.8, 4) is 0 Å². The summed E-state index contributed by atoms with van der Waals surface area (Å²) in [4.78, 5) is 20.8. The second-order valence-corrected chi connectivity index (χ2v) is 2.09. The van der Waals surface area contributed by atoms with Crippen LogP contribution in [0.1, 0.15) is 20.3 Å². The van der Waals surface area contributed by atoms with E-state index in [1.807, 2.05) is 0 Å². The SMILES string of the molecule is CCOC(=O)CC(F)C(C)=O. The molecule has 0 rings (SSSR count). The van der Waals surface area contributed by atoms with Gasteiger partial charge in [-0.3, -0.25) is 9.59 Å². The Kier molecular flexibility index (Phi) is 4.41. The monoisotopic (exact) mass is 162 g/mol. The molecule has 0 aromatic heterocycles. The summed E-state index contributed by atoms with van der Waals surface area (Å²) >= 11 is 0. The summed E-state index contributed by atoms with van der Waals surface area (Å²) in [5.41, 5.74) is 0. The molecule has 0 aromatic carbocycles. The fraction of sp³-hybridized carbons (Fsp3) is 0.714. The molecule has 0 bridgehead atoms. The maximum absolute atomic E-state index is 12.4. The molecule has 0 saturated heterocycles. The van der Waals surface area contributed by atoms with Gasteiger partial charge in [-0.05, 0) is 13.8 Å². The van der Waals surface area contributed by atoms with Crippen LogP contribution in [-0.4, -0.2) is 24.5 Å². The van der Waals surface area contributed by atoms with E-state index in [-0.39, 0.29) is 6.61 Å². The minimum Gasteiger partial charge on any atom is -0.466 e. The molecule has 64 valence electrons. The molecule has 0 saturated carbocycles. The Bertz CT molecular complexity index is 156. The van der Waals surface area contributed by atoms with E-state index in [1.165, 1.54) is 0 Å². The lowest BCUT2D eigenvalue weighted by Crippen LogP contribution is -2.18. The third-order valence-electron chi connectivity index (χ3n) is 1.09. The first-order chi connectivity index (χ1) is 5.07. The van der Waals surface area contributed by atoms with Crippen LogP contribution in [0.4, 0.5) is 4.39 Å². The number of halogens is 1. The Balaban J connectivity index is 3.66. The molecule has 0 spiro atoms. The molecule has 4 heteroatoms. The molecule has 0 heterocycles. The summed E-state index contributed by atoms with van der Waals surface area (Å²) in [7, 11) is 0. The lowest BCUT2D eigenvalue weighted by molar-refractivity contribution is -0.146. The Morgan fingerprint density at radius 2 is 2.09 bits per heavy atom. The summed E-state index contributed by atoms with van der Waals surface area (Å²) in [6.45, 7) is 2.94. The summed E-state index contributed by atoms with van der Waals surface area (Å²) < 4.78 is 16.9. The number of ether oxygens (including phenoxy) is 1. The zero-order chi connectivity index (χ0) is 8.85. The zero-order valence-electron chi connectivity index (χ0n) is 6.59. The molecule has 1 unspecified atom stereocenters. The number of carbonyl (C=O) groups is 2. The minimum atomic E-state index is -1.71. The Labute approximate surface area is 64.5 Å². The number of Topliss-reactive ketones (excluding diaryl/α,β-unsaturated/α-hetero) is 1. The maximum Gasteiger partial charge on any atom is 0.309 e. The zero-order valence-corrected chi connectivity index (χ0v) is 6.59. The Morgan fingerprint density at radius 3 is 2.45 bits per heavy atom. The van der Waals surface area contributed by atoms with Crippen LogP contribution in [0.5, 0.6) is 0 Å². The normalized spacial score (nSPS) is 12.3. The molecule has 0 aliphatic heterocycles. The molecule has 0 radical (unpaired) electrons. The Morgan fingerprint density at radius 1 is 1.55 bits per heavy atom. The van der Waals surface area contributed by atoms with Crippen LogP contribution in [0.2, 0.25) is 0 Å². The number of rotatable bonds is 4. The van der Waals surface area contributed by atoms with Gasteiger partial charge in [0.05, 0.1) is 13.0 Å². The molecule has 0 aliphatic carbocycles. The number of hydrogen-bond acceptors (Lipinski definition) is 3. The average Bonchev–Trinajstić information content (AvgIpc) is 1.87. The van der Waals surface area contributed by atoms with Crippen LogP contribution >= 0.6 is 0 Å². The molecular weight excluding hydrogens is 151 g/mol. The van der Waals surface area contributed by atoms with Crippen LogP contribution in [0, 0.1) is 0 Å². The van der Waals surface area contributed by atoms with Crippen LogP contribution in [-0.2, 0) is 14.3 Å². The van der Waals surface area contributed by atoms with E-state index in [0.29, 0.717) is 0 Å². The first-order valence-electron chi connectivity index (χ1n) is 3.38. The fourth-order valence-electron chi connectivity index (χ4n) is 0.510. The van der Waals surface area contributed by atoms with Gasteiger partial charge in [0.25, 0.3) is 0 Å². The van der Waals surface area contributed by atoms with Crippen LogP contribution in [0.15, 0.2) is 0 Å². The minimum absolute atomic E-state index is 0.212. The summed E-state index contributed by atoms with van der Waals surface area (Å²) in [5, 5.41) is 0. The van der Waals surface area contributed by atoms with E-state index >= 15 is 0 Å². The van der Waals surface area contributed by atoms with Gasteiger partial charge < -0.3 is 4.74 Å². The van der Waals surface area contributed by atoms with Gasteiger partial charge in [0, 0.05) is 0 Å². The van der Waals surface area contributed by atoms with Gasteiger partial charge in [-0.15, -0.1) is 0 Å². The molecule has 0 N–H and O–H groups in total. The lowest BCUT2D eigenvalue weighted by atomic mass is 10.2. The molecule has 11 heavy (non-hydrogen) atoms. The first kappa shape index (κ1) is 10.1. The quantitative estimate of drug-likeness (QED) is 0.576. The van der Waals surface area contributed by atoms with E-state index in [4.69, 9.17) is 0 Å². The van der Waals surface area contributed by atoms with Crippen molar-refractivity contribution in [3.63, 3.8) is 0 Å². The molecule has 0 aromatic rings. The smallest absolute Gasteiger partial charge is 0.309 e. The number of esters is 1. The highest BCUT2D eigenvalue weighted by Crippen LogP contribution is 2.00. The molecule has 0 fully saturated rings. The number of carbonyl (C=O) groups excluding carboxylic acids is 2. The van der Waals surface area contributed by atoms with Crippen LogP contribution in [0.25, 0.3) is 0 Å². The topological polar surface area (TPSA) is 43.4 Å². The van der Waals surface area contributed by atoms with E-state index in [2.05, 4.69) is 4.74 Å². The number of ketones is 1. The van der Waals surface area contributed by atoms with Gasteiger partial charge >= 0.3 is 5.97 Å². The second kappa shape index (κ2) is 4.82. The van der Waals surface area contributed by atoms with Crippen LogP contribution < -0.4 is 0 Å². The van der Waals surface area contributed by atoms with Gasteiger partial charge in [0.15, 0.2) is 12.0 Å². The fourth-order valence-corrected chi connectivity index (χ4v) is 0.510. The highest BCUT2D eigenvalue weighted by molar-refractivity contribution is 5.85. The van der Waals surface area contributed by atoms with E-state index < -0.39 is 24.3 Å². The van der Waals surface area contributed by atoms with Crippen LogP contribution in [0.3, 0.4) is 0 Å². The van der Waals surface area contributed by atoms with Gasteiger partial charge in [-0.1, -0.05) is 0 Å². The third kappa shape index (κ3) is 4.47. The Hall–Kier alpha value is -0.930. The summed E-state index contributed by atoms with van der Waals surface area (Å²) in [6, 6.07) is 0. The highest BCUT2D eigenvalue weighted by atomic mass is 19.1. The number of hydrogen-bond donors (Lipinski definition) is 0. The lowest BCUT2D eigenvalue weighted by Gasteiger charge is -2.02. The van der Waals surface area contributed by atoms with Crippen molar-refractivity contribution in [2.45, 2.75) is 26.4 Å². The van der Waals surface area contributed by atoms with Gasteiger partial charge in [0.2, 0.25) is 0 Å². The van der Waals surface area contributed by atoms with Crippen molar-refractivity contribution in [1.82, 2.24) is 0 Å². The average molecular weight is 162 g/mol.